The van der Waals surface area contributed by atoms with Crippen molar-refractivity contribution in [1.82, 2.24) is 4.90 Å². The van der Waals surface area contributed by atoms with Gasteiger partial charge in [0.1, 0.15) is 18.0 Å². The van der Waals surface area contributed by atoms with Crippen LogP contribution in [0.1, 0.15) is 41.4 Å². The van der Waals surface area contributed by atoms with Crippen LogP contribution < -0.4 is 9.80 Å². The highest BCUT2D eigenvalue weighted by atomic mass is 16.3. The summed E-state index contributed by atoms with van der Waals surface area (Å²) in [5, 5.41) is 0. The first-order valence-corrected chi connectivity index (χ1v) is 11.0. The lowest BCUT2D eigenvalue weighted by Crippen LogP contribution is -2.64. The molecule has 168 valence electrons. The molecule has 0 aliphatic carbocycles. The highest BCUT2D eigenvalue weighted by Gasteiger charge is 2.53. The zero-order valence-corrected chi connectivity index (χ0v) is 18.7. The van der Waals surface area contributed by atoms with Gasteiger partial charge >= 0.3 is 0 Å². The van der Waals surface area contributed by atoms with Crippen LogP contribution in [0.15, 0.2) is 71.3 Å². The summed E-state index contributed by atoms with van der Waals surface area (Å²) in [4.78, 5) is 44.8. The van der Waals surface area contributed by atoms with Gasteiger partial charge in [-0.15, -0.1) is 0 Å². The van der Waals surface area contributed by atoms with Gasteiger partial charge in [0.15, 0.2) is 0 Å². The maximum absolute atomic E-state index is 13.7. The predicted molar refractivity (Wildman–Crippen MR) is 124 cm³/mol. The zero-order chi connectivity index (χ0) is 23.2. The van der Waals surface area contributed by atoms with Gasteiger partial charge in [0.2, 0.25) is 11.8 Å². The third-order valence-corrected chi connectivity index (χ3v) is 6.58. The van der Waals surface area contributed by atoms with E-state index in [1.54, 1.807) is 45.2 Å². The molecule has 0 radical (unpaired) electrons. The van der Waals surface area contributed by atoms with E-state index in [1.807, 2.05) is 50.2 Å². The van der Waals surface area contributed by atoms with Crippen molar-refractivity contribution in [2.45, 2.75) is 38.9 Å². The second-order valence-corrected chi connectivity index (χ2v) is 8.75. The molecule has 1 aromatic heterocycles. The van der Waals surface area contributed by atoms with E-state index in [4.69, 9.17) is 4.42 Å². The van der Waals surface area contributed by atoms with E-state index in [2.05, 4.69) is 0 Å². The third kappa shape index (κ3) is 3.50. The van der Waals surface area contributed by atoms with Crippen LogP contribution in [0.2, 0.25) is 0 Å². The summed E-state index contributed by atoms with van der Waals surface area (Å²) in [5.41, 5.74) is 1.96. The number of anilines is 2. The Kier molecular flexibility index (Phi) is 5.04. The second kappa shape index (κ2) is 7.92. The van der Waals surface area contributed by atoms with Crippen LogP contribution in [0.4, 0.5) is 11.4 Å². The van der Waals surface area contributed by atoms with Crippen LogP contribution in [0.5, 0.6) is 0 Å². The average Bonchev–Trinajstić information content (AvgIpc) is 3.43. The lowest BCUT2D eigenvalue weighted by Gasteiger charge is -2.48. The fraction of sp³-hybridized carbons (Fsp3) is 0.269. The van der Waals surface area contributed by atoms with Gasteiger partial charge in [0.25, 0.3) is 5.91 Å². The molecule has 2 aromatic carbocycles. The fourth-order valence-electron chi connectivity index (χ4n) is 4.77. The van der Waals surface area contributed by atoms with Crippen LogP contribution in [0.3, 0.4) is 0 Å². The molecule has 5 rings (SSSR count). The maximum atomic E-state index is 13.7. The molecule has 0 saturated carbocycles. The fourth-order valence-corrected chi connectivity index (χ4v) is 4.77. The van der Waals surface area contributed by atoms with E-state index in [-0.39, 0.29) is 30.8 Å². The smallest absolute Gasteiger partial charge is 0.258 e. The molecule has 0 bridgehead atoms. The van der Waals surface area contributed by atoms with E-state index in [9.17, 15) is 14.4 Å². The van der Waals surface area contributed by atoms with Crippen molar-refractivity contribution >= 4 is 29.1 Å². The summed E-state index contributed by atoms with van der Waals surface area (Å²) in [6.45, 7) is 3.94. The Bertz CT molecular complexity index is 1220. The highest BCUT2D eigenvalue weighted by molar-refractivity contribution is 6.11. The molecule has 2 aliphatic rings. The summed E-state index contributed by atoms with van der Waals surface area (Å²) < 4.78 is 5.49. The number of amides is 3. The largest absolute Gasteiger partial charge is 0.467 e. The summed E-state index contributed by atoms with van der Waals surface area (Å²) in [7, 11) is 0. The molecule has 7 nitrogen and oxygen atoms in total. The molecule has 3 aromatic rings. The van der Waals surface area contributed by atoms with Gasteiger partial charge in [0, 0.05) is 12.1 Å². The molecule has 7 heteroatoms. The number of hydrogen-bond donors (Lipinski definition) is 0. The first kappa shape index (κ1) is 21.0. The van der Waals surface area contributed by atoms with Crippen LogP contribution in [-0.4, -0.2) is 34.8 Å². The van der Waals surface area contributed by atoms with Crippen molar-refractivity contribution in [1.29, 1.82) is 0 Å². The number of carbonyl (C=O) groups is 3. The Morgan fingerprint density at radius 2 is 1.82 bits per heavy atom. The van der Waals surface area contributed by atoms with Gasteiger partial charge in [-0.25, -0.2) is 0 Å². The van der Waals surface area contributed by atoms with Gasteiger partial charge in [-0.1, -0.05) is 29.8 Å². The molecular weight excluding hydrogens is 418 g/mol. The monoisotopic (exact) mass is 443 g/mol. The zero-order valence-electron chi connectivity index (χ0n) is 18.7. The van der Waals surface area contributed by atoms with Crippen molar-refractivity contribution in [2.24, 2.45) is 0 Å². The summed E-state index contributed by atoms with van der Waals surface area (Å²) in [6, 6.07) is 18.3. The maximum Gasteiger partial charge on any atom is 0.258 e. The Hall–Kier alpha value is -3.87. The van der Waals surface area contributed by atoms with E-state index in [0.29, 0.717) is 29.9 Å². The molecule has 1 saturated heterocycles. The Morgan fingerprint density at radius 1 is 1.06 bits per heavy atom. The summed E-state index contributed by atoms with van der Waals surface area (Å²) in [5.74, 6) is 0.113. The Labute approximate surface area is 192 Å². The lowest BCUT2D eigenvalue weighted by molar-refractivity contribution is -0.122. The van der Waals surface area contributed by atoms with E-state index >= 15 is 0 Å². The lowest BCUT2D eigenvalue weighted by atomic mass is 9.98. The Balaban J connectivity index is 1.50. The molecule has 2 aliphatic heterocycles. The molecule has 3 heterocycles. The van der Waals surface area contributed by atoms with Crippen LogP contribution in [0, 0.1) is 6.92 Å². The van der Waals surface area contributed by atoms with Crippen molar-refractivity contribution in [3.63, 3.8) is 0 Å². The molecular formula is C26H25N3O4. The quantitative estimate of drug-likeness (QED) is 0.595. The molecule has 3 amide bonds. The van der Waals surface area contributed by atoms with Gasteiger partial charge in [-0.05, 0) is 56.7 Å². The highest BCUT2D eigenvalue weighted by Crippen LogP contribution is 2.44. The number of aryl methyl sites for hydroxylation is 1. The normalized spacial score (nSPS) is 19.5. The molecule has 0 spiro atoms. The topological polar surface area (TPSA) is 74.1 Å². The van der Waals surface area contributed by atoms with Gasteiger partial charge < -0.3 is 14.2 Å². The number of fused-ring (bicyclic) bond motifs is 3. The number of nitrogens with zero attached hydrogens (tertiary/aromatic N) is 3. The van der Waals surface area contributed by atoms with Gasteiger partial charge in [0.05, 0.1) is 24.1 Å². The number of carbonyl (C=O) groups excluding carboxylic acids is 3. The minimum atomic E-state index is -0.887. The minimum absolute atomic E-state index is 0.0409. The number of hydrogen-bond acceptors (Lipinski definition) is 4. The Morgan fingerprint density at radius 3 is 2.55 bits per heavy atom. The third-order valence-electron chi connectivity index (χ3n) is 6.58. The summed E-state index contributed by atoms with van der Waals surface area (Å²) in [6.07, 6.45) is 2.38. The number of furan rings is 1. The second-order valence-electron chi connectivity index (χ2n) is 8.75. The van der Waals surface area contributed by atoms with Crippen molar-refractivity contribution < 1.29 is 18.8 Å². The average molecular weight is 444 g/mol. The van der Waals surface area contributed by atoms with Crippen molar-refractivity contribution in [3.8, 4) is 0 Å². The molecule has 0 N–H and O–H groups in total. The van der Waals surface area contributed by atoms with Crippen LogP contribution in [-0.2, 0) is 16.1 Å². The van der Waals surface area contributed by atoms with E-state index < -0.39 is 5.66 Å². The number of benzene rings is 2. The SMILES string of the molecule is Cc1ccc(N(Cc2ccco2)C(=O)CN2C(=O)c3ccccc3N3C(=O)CCC23C)cc1. The minimum Gasteiger partial charge on any atom is -0.467 e. The molecule has 1 atom stereocenters. The van der Waals surface area contributed by atoms with Crippen LogP contribution >= 0.6 is 0 Å². The molecule has 33 heavy (non-hydrogen) atoms. The van der Waals surface area contributed by atoms with Crippen LogP contribution in [0.25, 0.3) is 0 Å². The predicted octanol–water partition coefficient (Wildman–Crippen LogP) is 4.12. The van der Waals surface area contributed by atoms with Crippen molar-refractivity contribution in [2.75, 3.05) is 16.3 Å². The van der Waals surface area contributed by atoms with Crippen molar-refractivity contribution in [3.05, 3.63) is 83.8 Å². The number of rotatable bonds is 5. The number of para-hydroxylation sites is 1. The molecule has 1 fully saturated rings. The first-order valence-electron chi connectivity index (χ1n) is 11.0. The van der Waals surface area contributed by atoms with E-state index in [1.165, 1.54) is 0 Å². The van der Waals surface area contributed by atoms with E-state index in [0.717, 1.165) is 11.3 Å². The standard InChI is InChI=1S/C26H25N3O4/c1-18-9-11-19(12-10-18)27(16-20-6-5-15-33-20)24(31)17-28-25(32)21-7-3-4-8-22(21)29-23(30)13-14-26(28,29)2/h3-12,15H,13-14,16-17H2,1-2H3. The first-order chi connectivity index (χ1) is 15.9. The van der Waals surface area contributed by atoms with Gasteiger partial charge in [-0.2, -0.15) is 0 Å². The summed E-state index contributed by atoms with van der Waals surface area (Å²) >= 11 is 0. The molecule has 1 unspecified atom stereocenters. The van der Waals surface area contributed by atoms with Gasteiger partial charge in [-0.3, -0.25) is 19.3 Å².